The summed E-state index contributed by atoms with van der Waals surface area (Å²) in [5, 5.41) is 5.00. The second-order valence-corrected chi connectivity index (χ2v) is 14.0. The van der Waals surface area contributed by atoms with Crippen LogP contribution in [0, 0.1) is 0 Å². The number of rotatable bonds is 5. The normalized spacial score (nSPS) is 11.8. The van der Waals surface area contributed by atoms with Gasteiger partial charge in [-0.05, 0) is 35.9 Å². The number of fused-ring (bicyclic) bond motifs is 7. The molecule has 0 spiro atoms. The number of benzene rings is 7. The Morgan fingerprint density at radius 1 is 0.396 bits per heavy atom. The second-order valence-electron chi connectivity index (χ2n) is 13.0. The summed E-state index contributed by atoms with van der Waals surface area (Å²) in [7, 11) is 0. The summed E-state index contributed by atoms with van der Waals surface area (Å²) in [6.45, 7) is 0. The van der Waals surface area contributed by atoms with E-state index in [1.54, 1.807) is 11.3 Å². The first-order valence-electron chi connectivity index (χ1n) is 17.4. The van der Waals surface area contributed by atoms with Crippen LogP contribution in [0.3, 0.4) is 0 Å². The van der Waals surface area contributed by atoms with E-state index in [9.17, 15) is 0 Å². The van der Waals surface area contributed by atoms with Gasteiger partial charge in [0.15, 0.2) is 17.5 Å². The molecule has 0 N–H and O–H groups in total. The molecule has 0 aliphatic heterocycles. The SMILES string of the molecule is c1ccc(-c2nc(-c3ccccc3)nc(-c3ccc(-c4cccc5oc6cc7nc(-c8ccccc8)sc7cc6c45)c4oc5ccccc5c34)n2)cc1. The van der Waals surface area contributed by atoms with Crippen LogP contribution in [-0.2, 0) is 0 Å². The molecule has 248 valence electrons. The van der Waals surface area contributed by atoms with Gasteiger partial charge in [-0.3, -0.25) is 0 Å². The Labute approximate surface area is 306 Å². The fourth-order valence-corrected chi connectivity index (χ4v) is 8.32. The molecule has 4 aromatic heterocycles. The predicted octanol–water partition coefficient (Wildman–Crippen LogP) is 12.6. The lowest BCUT2D eigenvalue weighted by Gasteiger charge is -2.11. The summed E-state index contributed by atoms with van der Waals surface area (Å²) in [6, 6.07) is 53.3. The second kappa shape index (κ2) is 11.8. The molecule has 0 aliphatic carbocycles. The molecule has 7 aromatic carbocycles. The van der Waals surface area contributed by atoms with Gasteiger partial charge >= 0.3 is 0 Å². The van der Waals surface area contributed by atoms with Crippen molar-refractivity contribution in [3.05, 3.63) is 158 Å². The van der Waals surface area contributed by atoms with Crippen molar-refractivity contribution in [1.82, 2.24) is 19.9 Å². The molecule has 0 unspecified atom stereocenters. The first-order valence-corrected chi connectivity index (χ1v) is 18.2. The van der Waals surface area contributed by atoms with Crippen molar-refractivity contribution < 1.29 is 8.83 Å². The van der Waals surface area contributed by atoms with Gasteiger partial charge in [0.2, 0.25) is 0 Å². The third kappa shape index (κ3) is 4.86. The summed E-state index contributed by atoms with van der Waals surface area (Å²) in [5.74, 6) is 1.80. The molecule has 53 heavy (non-hydrogen) atoms. The average Bonchev–Trinajstić information content (AvgIpc) is 3.93. The Morgan fingerprint density at radius 3 is 1.75 bits per heavy atom. The van der Waals surface area contributed by atoms with Crippen LogP contribution in [0.5, 0.6) is 0 Å². The van der Waals surface area contributed by atoms with Crippen molar-refractivity contribution >= 4 is 65.4 Å². The molecule has 0 saturated heterocycles. The van der Waals surface area contributed by atoms with E-state index in [0.717, 1.165) is 92.5 Å². The maximum atomic E-state index is 6.78. The van der Waals surface area contributed by atoms with Crippen LogP contribution >= 0.6 is 11.3 Å². The Kier molecular flexibility index (Phi) is 6.62. The first-order chi connectivity index (χ1) is 26.2. The number of thiazole rings is 1. The van der Waals surface area contributed by atoms with Gasteiger partial charge in [0.25, 0.3) is 0 Å². The van der Waals surface area contributed by atoms with E-state index < -0.39 is 0 Å². The highest BCUT2D eigenvalue weighted by atomic mass is 32.1. The van der Waals surface area contributed by atoms with Crippen LogP contribution in [0.1, 0.15) is 0 Å². The maximum absolute atomic E-state index is 6.78. The lowest BCUT2D eigenvalue weighted by molar-refractivity contribution is 0.669. The van der Waals surface area contributed by atoms with Crippen LogP contribution in [0.2, 0.25) is 0 Å². The van der Waals surface area contributed by atoms with E-state index >= 15 is 0 Å². The highest BCUT2D eigenvalue weighted by molar-refractivity contribution is 7.21. The van der Waals surface area contributed by atoms with Gasteiger partial charge in [0, 0.05) is 55.4 Å². The van der Waals surface area contributed by atoms with E-state index in [-0.39, 0.29) is 0 Å². The summed E-state index contributed by atoms with van der Waals surface area (Å²) in [6.07, 6.45) is 0. The van der Waals surface area contributed by atoms with E-state index in [0.29, 0.717) is 17.5 Å². The quantitative estimate of drug-likeness (QED) is 0.178. The maximum Gasteiger partial charge on any atom is 0.164 e. The van der Waals surface area contributed by atoms with Crippen molar-refractivity contribution in [3.63, 3.8) is 0 Å². The third-order valence-electron chi connectivity index (χ3n) is 9.78. The number of furan rings is 2. The smallest absolute Gasteiger partial charge is 0.164 e. The fraction of sp³-hybridized carbons (Fsp3) is 0. The summed E-state index contributed by atoms with van der Waals surface area (Å²) >= 11 is 1.69. The lowest BCUT2D eigenvalue weighted by atomic mass is 9.95. The van der Waals surface area contributed by atoms with Crippen LogP contribution in [0.15, 0.2) is 167 Å². The fourth-order valence-electron chi connectivity index (χ4n) is 7.33. The Morgan fingerprint density at radius 2 is 1.02 bits per heavy atom. The van der Waals surface area contributed by atoms with Crippen LogP contribution in [0.25, 0.3) is 110 Å². The van der Waals surface area contributed by atoms with Crippen LogP contribution in [0.4, 0.5) is 0 Å². The molecule has 7 heteroatoms. The molecular formula is C46H26N4O2S. The van der Waals surface area contributed by atoms with Gasteiger partial charge < -0.3 is 8.83 Å². The van der Waals surface area contributed by atoms with Gasteiger partial charge in [-0.15, -0.1) is 11.3 Å². The monoisotopic (exact) mass is 698 g/mol. The largest absolute Gasteiger partial charge is 0.456 e. The average molecular weight is 699 g/mol. The summed E-state index contributed by atoms with van der Waals surface area (Å²) in [4.78, 5) is 20.1. The van der Waals surface area contributed by atoms with E-state index in [1.165, 1.54) is 0 Å². The summed E-state index contributed by atoms with van der Waals surface area (Å²) < 4.78 is 14.4. The van der Waals surface area contributed by atoms with Gasteiger partial charge in [-0.25, -0.2) is 19.9 Å². The zero-order chi connectivity index (χ0) is 34.9. The van der Waals surface area contributed by atoms with E-state index in [2.05, 4.69) is 48.5 Å². The van der Waals surface area contributed by atoms with E-state index in [1.807, 2.05) is 109 Å². The Bertz CT molecular complexity index is 3110. The minimum absolute atomic E-state index is 0.578. The number of aromatic nitrogens is 4. The molecule has 0 aliphatic rings. The highest BCUT2D eigenvalue weighted by Gasteiger charge is 2.23. The molecule has 11 aromatic rings. The van der Waals surface area contributed by atoms with Gasteiger partial charge in [-0.2, -0.15) is 0 Å². The molecule has 4 heterocycles. The zero-order valence-electron chi connectivity index (χ0n) is 28.0. The predicted molar refractivity (Wildman–Crippen MR) is 215 cm³/mol. The molecule has 0 fully saturated rings. The van der Waals surface area contributed by atoms with Crippen LogP contribution in [-0.4, -0.2) is 19.9 Å². The minimum Gasteiger partial charge on any atom is -0.456 e. The zero-order valence-corrected chi connectivity index (χ0v) is 28.8. The van der Waals surface area contributed by atoms with Crippen molar-refractivity contribution in [1.29, 1.82) is 0 Å². The molecule has 0 saturated carbocycles. The van der Waals surface area contributed by atoms with Gasteiger partial charge in [0.1, 0.15) is 27.3 Å². The number of hydrogen-bond donors (Lipinski definition) is 0. The molecule has 11 rings (SSSR count). The van der Waals surface area contributed by atoms with Crippen LogP contribution < -0.4 is 0 Å². The van der Waals surface area contributed by atoms with Gasteiger partial charge in [-0.1, -0.05) is 121 Å². The summed E-state index contributed by atoms with van der Waals surface area (Å²) in [5.41, 5.74) is 9.89. The van der Waals surface area contributed by atoms with Crippen molar-refractivity contribution in [2.75, 3.05) is 0 Å². The Balaban J connectivity index is 1.15. The number of hydrogen-bond acceptors (Lipinski definition) is 7. The molecule has 0 radical (unpaired) electrons. The molecule has 0 bridgehead atoms. The van der Waals surface area contributed by atoms with Gasteiger partial charge in [0.05, 0.1) is 10.2 Å². The minimum atomic E-state index is 0.578. The third-order valence-corrected chi connectivity index (χ3v) is 10.8. The standard InChI is InChI=1S/C46H26N4O2S/c1-4-13-27(14-5-1)43-48-44(28-15-6-2-7-16-28)50-45(49-43)33-24-23-31(42-41(33)32-19-10-11-21-36(32)52-42)30-20-12-22-37-40(30)34-25-39-35(26-38(34)51-37)47-46(53-39)29-17-8-3-9-18-29/h1-26H. The molecule has 0 amide bonds. The Hall–Kier alpha value is -6.96. The molecular weight excluding hydrogens is 673 g/mol. The molecule has 6 nitrogen and oxygen atoms in total. The first kappa shape index (κ1) is 29.7. The number of para-hydroxylation sites is 1. The topological polar surface area (TPSA) is 77.8 Å². The highest BCUT2D eigenvalue weighted by Crippen LogP contribution is 2.46. The van der Waals surface area contributed by atoms with Crippen molar-refractivity contribution in [3.8, 4) is 55.9 Å². The van der Waals surface area contributed by atoms with E-state index in [4.69, 9.17) is 28.8 Å². The van der Waals surface area contributed by atoms with Crippen molar-refractivity contribution in [2.45, 2.75) is 0 Å². The number of nitrogens with zero attached hydrogens (tertiary/aromatic N) is 4. The van der Waals surface area contributed by atoms with Crippen molar-refractivity contribution in [2.24, 2.45) is 0 Å². The molecule has 0 atom stereocenters. The lowest BCUT2D eigenvalue weighted by Crippen LogP contribution is -2.00.